The molecule has 1 N–H and O–H groups in total. The highest BCUT2D eigenvalue weighted by molar-refractivity contribution is 5.87. The number of pyridine rings is 1. The number of hydrogen-bond donors (Lipinski definition) is 1. The normalized spacial score (nSPS) is 11.8. The van der Waals surface area contributed by atoms with E-state index in [-0.39, 0.29) is 12.5 Å². The fraction of sp³-hybridized carbons (Fsp3) is 0.118. The van der Waals surface area contributed by atoms with Crippen molar-refractivity contribution in [1.82, 2.24) is 10.3 Å². The first-order chi connectivity index (χ1) is 10.8. The third kappa shape index (κ3) is 2.81. The van der Waals surface area contributed by atoms with Gasteiger partial charge in [-0.3, -0.25) is 9.78 Å². The lowest BCUT2D eigenvalue weighted by molar-refractivity contribution is -0.121. The summed E-state index contributed by atoms with van der Waals surface area (Å²) >= 11 is 0. The molecule has 5 nitrogen and oxygen atoms in total. The minimum Gasteiger partial charge on any atom is -0.467 e. The molecule has 0 aliphatic heterocycles. The molecule has 1 amide bonds. The Morgan fingerprint density at radius 1 is 1.23 bits per heavy atom. The number of hydrogen-bond acceptors (Lipinski definition) is 4. The molecule has 0 aliphatic carbocycles. The zero-order chi connectivity index (χ0) is 15.4. The van der Waals surface area contributed by atoms with Crippen LogP contribution in [0.4, 0.5) is 0 Å². The van der Waals surface area contributed by atoms with Crippen molar-refractivity contribution in [3.63, 3.8) is 0 Å². The number of furan rings is 1. The zero-order valence-electron chi connectivity index (χ0n) is 11.7. The average Bonchev–Trinajstić information content (AvgIpc) is 3.07. The van der Waals surface area contributed by atoms with Crippen LogP contribution < -0.4 is 5.32 Å². The quantitative estimate of drug-likeness (QED) is 0.801. The topological polar surface area (TPSA) is 78.9 Å². The molecular formula is C17H13N3O2. The Balaban J connectivity index is 1.79. The summed E-state index contributed by atoms with van der Waals surface area (Å²) < 4.78 is 5.15. The van der Waals surface area contributed by atoms with Crippen molar-refractivity contribution in [2.75, 3.05) is 0 Å². The van der Waals surface area contributed by atoms with E-state index < -0.39 is 5.92 Å². The molecule has 3 aromatic rings. The van der Waals surface area contributed by atoms with Crippen LogP contribution in [0.2, 0.25) is 0 Å². The van der Waals surface area contributed by atoms with Crippen LogP contribution in [0.5, 0.6) is 0 Å². The minimum atomic E-state index is -0.945. The fourth-order valence-electron chi connectivity index (χ4n) is 2.19. The Bertz CT molecular complexity index is 834. The highest BCUT2D eigenvalue weighted by atomic mass is 16.3. The predicted octanol–water partition coefficient (Wildman–Crippen LogP) is 2.75. The first-order valence-electron chi connectivity index (χ1n) is 6.83. The number of aromatic nitrogens is 1. The van der Waals surface area contributed by atoms with Gasteiger partial charge in [-0.05, 0) is 24.3 Å². The van der Waals surface area contributed by atoms with Gasteiger partial charge in [0, 0.05) is 5.39 Å². The summed E-state index contributed by atoms with van der Waals surface area (Å²) in [5, 5.41) is 13.0. The van der Waals surface area contributed by atoms with Crippen molar-refractivity contribution in [2.45, 2.75) is 12.5 Å². The van der Waals surface area contributed by atoms with Gasteiger partial charge in [0.15, 0.2) is 5.92 Å². The summed E-state index contributed by atoms with van der Waals surface area (Å²) in [6.07, 6.45) is 1.54. The molecule has 0 bridgehead atoms. The molecule has 0 spiro atoms. The summed E-state index contributed by atoms with van der Waals surface area (Å²) in [6.45, 7) is 0.248. The van der Waals surface area contributed by atoms with E-state index in [2.05, 4.69) is 10.3 Å². The Kier molecular flexibility index (Phi) is 3.84. The number of nitrogens with zero attached hydrogens (tertiary/aromatic N) is 2. The first kappa shape index (κ1) is 13.8. The minimum absolute atomic E-state index is 0.248. The number of carbonyl (C=O) groups excluding carboxylic acids is 1. The van der Waals surface area contributed by atoms with Crippen molar-refractivity contribution >= 4 is 16.8 Å². The van der Waals surface area contributed by atoms with Gasteiger partial charge in [-0.15, -0.1) is 0 Å². The smallest absolute Gasteiger partial charge is 0.243 e. The van der Waals surface area contributed by atoms with Crippen LogP contribution in [0, 0.1) is 11.3 Å². The number of carbonyl (C=O) groups is 1. The van der Waals surface area contributed by atoms with Crippen LogP contribution >= 0.6 is 0 Å². The van der Waals surface area contributed by atoms with Gasteiger partial charge in [0.2, 0.25) is 5.91 Å². The third-order valence-corrected chi connectivity index (χ3v) is 3.32. The van der Waals surface area contributed by atoms with Crippen molar-refractivity contribution < 1.29 is 9.21 Å². The molecule has 0 saturated carbocycles. The molecule has 5 heteroatoms. The predicted molar refractivity (Wildman–Crippen MR) is 80.7 cm³/mol. The van der Waals surface area contributed by atoms with Crippen LogP contribution in [0.1, 0.15) is 17.4 Å². The largest absolute Gasteiger partial charge is 0.467 e. The van der Waals surface area contributed by atoms with Gasteiger partial charge in [0.1, 0.15) is 5.76 Å². The second kappa shape index (κ2) is 6.10. The second-order valence-electron chi connectivity index (χ2n) is 4.79. The molecule has 1 atom stereocenters. The number of nitriles is 1. The van der Waals surface area contributed by atoms with E-state index in [1.165, 1.54) is 6.26 Å². The first-order valence-corrected chi connectivity index (χ1v) is 6.83. The third-order valence-electron chi connectivity index (χ3n) is 3.32. The van der Waals surface area contributed by atoms with Crippen molar-refractivity contribution in [3.05, 3.63) is 66.2 Å². The van der Waals surface area contributed by atoms with E-state index in [0.29, 0.717) is 11.5 Å². The van der Waals surface area contributed by atoms with Crippen molar-refractivity contribution in [1.29, 1.82) is 5.26 Å². The molecule has 1 aromatic carbocycles. The molecule has 0 radical (unpaired) electrons. The van der Waals surface area contributed by atoms with Gasteiger partial charge in [-0.2, -0.15) is 5.26 Å². The molecular weight excluding hydrogens is 278 g/mol. The van der Waals surface area contributed by atoms with Gasteiger partial charge in [-0.25, -0.2) is 0 Å². The van der Waals surface area contributed by atoms with E-state index >= 15 is 0 Å². The van der Waals surface area contributed by atoms with Gasteiger partial charge in [-0.1, -0.05) is 24.3 Å². The lowest BCUT2D eigenvalue weighted by Gasteiger charge is -2.10. The van der Waals surface area contributed by atoms with E-state index in [1.54, 1.807) is 18.2 Å². The maximum absolute atomic E-state index is 12.2. The molecule has 2 heterocycles. The van der Waals surface area contributed by atoms with E-state index in [0.717, 1.165) is 10.9 Å². The summed E-state index contributed by atoms with van der Waals surface area (Å²) in [5.41, 5.74) is 1.21. The molecule has 0 saturated heterocycles. The summed E-state index contributed by atoms with van der Waals surface area (Å²) in [6, 6.07) is 16.7. The maximum Gasteiger partial charge on any atom is 0.243 e. The van der Waals surface area contributed by atoms with Crippen molar-refractivity contribution in [2.24, 2.45) is 0 Å². The molecule has 22 heavy (non-hydrogen) atoms. The van der Waals surface area contributed by atoms with Gasteiger partial charge in [0.25, 0.3) is 0 Å². The Morgan fingerprint density at radius 3 is 2.86 bits per heavy atom. The number of amides is 1. The highest BCUT2D eigenvalue weighted by Gasteiger charge is 2.21. The van der Waals surface area contributed by atoms with E-state index in [9.17, 15) is 10.1 Å². The number of benzene rings is 1. The number of para-hydroxylation sites is 1. The lowest BCUT2D eigenvalue weighted by Crippen LogP contribution is -2.28. The van der Waals surface area contributed by atoms with Gasteiger partial charge >= 0.3 is 0 Å². The maximum atomic E-state index is 12.2. The molecule has 0 fully saturated rings. The Labute approximate surface area is 127 Å². The summed E-state index contributed by atoms with van der Waals surface area (Å²) in [5.74, 6) is -0.697. The highest BCUT2D eigenvalue weighted by Crippen LogP contribution is 2.18. The zero-order valence-corrected chi connectivity index (χ0v) is 11.7. The number of fused-ring (bicyclic) bond motifs is 1. The second-order valence-corrected chi connectivity index (χ2v) is 4.79. The summed E-state index contributed by atoms with van der Waals surface area (Å²) in [7, 11) is 0. The number of nitrogens with one attached hydrogen (secondary N) is 1. The van der Waals surface area contributed by atoms with E-state index in [4.69, 9.17) is 4.42 Å². The molecule has 2 aromatic heterocycles. The average molecular weight is 291 g/mol. The molecule has 0 unspecified atom stereocenters. The van der Waals surface area contributed by atoms with Crippen molar-refractivity contribution in [3.8, 4) is 6.07 Å². The van der Waals surface area contributed by atoms with E-state index in [1.807, 2.05) is 36.4 Å². The van der Waals surface area contributed by atoms with Crippen LogP contribution in [0.15, 0.2) is 59.2 Å². The SMILES string of the molecule is N#C[C@H](C(=O)NCc1ccco1)c1ccc2ccccc2n1. The summed E-state index contributed by atoms with van der Waals surface area (Å²) in [4.78, 5) is 16.6. The van der Waals surface area contributed by atoms with Crippen LogP contribution in [0.3, 0.4) is 0 Å². The number of rotatable bonds is 4. The van der Waals surface area contributed by atoms with Crippen LogP contribution in [-0.2, 0) is 11.3 Å². The molecule has 108 valence electrons. The standard InChI is InChI=1S/C17H13N3O2/c18-10-14(17(21)19-11-13-5-3-9-22-13)16-8-7-12-4-1-2-6-15(12)20-16/h1-9,14H,11H2,(H,19,21)/t14-/m0/s1. The monoisotopic (exact) mass is 291 g/mol. The van der Waals surface area contributed by atoms with Crippen LogP contribution in [0.25, 0.3) is 10.9 Å². The molecule has 0 aliphatic rings. The fourth-order valence-corrected chi connectivity index (χ4v) is 2.19. The van der Waals surface area contributed by atoms with Crippen LogP contribution in [-0.4, -0.2) is 10.9 Å². The Hall–Kier alpha value is -3.13. The lowest BCUT2D eigenvalue weighted by atomic mass is 10.0. The van der Waals surface area contributed by atoms with Gasteiger partial charge < -0.3 is 9.73 Å². The Morgan fingerprint density at radius 2 is 2.09 bits per heavy atom. The molecule has 3 rings (SSSR count). The van der Waals surface area contributed by atoms with Gasteiger partial charge in [0.05, 0.1) is 30.1 Å².